The molecular weight excluding hydrogens is 499 g/mol. The highest BCUT2D eigenvalue weighted by molar-refractivity contribution is 7.17. The second kappa shape index (κ2) is 10.8. The van der Waals surface area contributed by atoms with E-state index in [9.17, 15) is 23.9 Å². The molecule has 2 heterocycles. The minimum Gasteiger partial charge on any atom is -0.507 e. The predicted octanol–water partition coefficient (Wildman–Crippen LogP) is 4.96. The van der Waals surface area contributed by atoms with Crippen LogP contribution in [0.15, 0.2) is 66.8 Å². The molecular formula is C27H23FN2O6S. The number of carbonyl (C=O) groups excluding carboxylic acids is 3. The van der Waals surface area contributed by atoms with Crippen LogP contribution in [-0.2, 0) is 14.3 Å². The van der Waals surface area contributed by atoms with Gasteiger partial charge in [-0.3, -0.25) is 14.5 Å². The van der Waals surface area contributed by atoms with Crippen molar-refractivity contribution in [1.82, 2.24) is 4.98 Å². The topological polar surface area (TPSA) is 106 Å². The normalized spacial score (nSPS) is 16.6. The van der Waals surface area contributed by atoms with E-state index in [1.807, 2.05) is 6.92 Å². The molecule has 4 rings (SSSR count). The lowest BCUT2D eigenvalue weighted by atomic mass is 9.95. The van der Waals surface area contributed by atoms with Crippen LogP contribution < -0.4 is 9.64 Å². The average Bonchev–Trinajstić information content (AvgIpc) is 3.39. The summed E-state index contributed by atoms with van der Waals surface area (Å²) in [4.78, 5) is 44.7. The number of thiazole rings is 1. The molecule has 1 aromatic heterocycles. The SMILES string of the molecule is C=CCOC(=O)c1sc(N2C(=O)C(=O)/C(=C(/O)c3cccc(OCC)c3)C2c2ccc(F)cc2)nc1C. The molecule has 1 aliphatic heterocycles. The van der Waals surface area contributed by atoms with Gasteiger partial charge in [0.25, 0.3) is 5.78 Å². The molecule has 1 amide bonds. The Morgan fingerprint density at radius 2 is 1.97 bits per heavy atom. The summed E-state index contributed by atoms with van der Waals surface area (Å²) in [5.41, 5.74) is 0.735. The van der Waals surface area contributed by atoms with Crippen LogP contribution in [0.4, 0.5) is 9.52 Å². The summed E-state index contributed by atoms with van der Waals surface area (Å²) < 4.78 is 24.3. The molecule has 0 saturated carbocycles. The highest BCUT2D eigenvalue weighted by Crippen LogP contribution is 2.44. The third kappa shape index (κ3) is 5.01. The molecule has 37 heavy (non-hydrogen) atoms. The zero-order valence-electron chi connectivity index (χ0n) is 20.1. The fourth-order valence-corrected chi connectivity index (χ4v) is 4.91. The first-order chi connectivity index (χ1) is 17.8. The number of hydrogen-bond donors (Lipinski definition) is 1. The van der Waals surface area contributed by atoms with Gasteiger partial charge >= 0.3 is 11.9 Å². The second-order valence-electron chi connectivity index (χ2n) is 7.98. The van der Waals surface area contributed by atoms with E-state index in [0.717, 1.165) is 16.2 Å². The fourth-order valence-electron chi connectivity index (χ4n) is 3.92. The molecule has 1 aliphatic rings. The number of aromatic nitrogens is 1. The van der Waals surface area contributed by atoms with Gasteiger partial charge in [0.05, 0.1) is 23.9 Å². The number of carbonyl (C=O) groups is 3. The van der Waals surface area contributed by atoms with Gasteiger partial charge in [-0.05, 0) is 43.7 Å². The molecule has 1 saturated heterocycles. The zero-order valence-corrected chi connectivity index (χ0v) is 20.9. The minimum atomic E-state index is -1.13. The van der Waals surface area contributed by atoms with Crippen LogP contribution >= 0.6 is 11.3 Å². The number of hydrogen-bond acceptors (Lipinski definition) is 8. The fraction of sp³-hybridized carbons (Fsp3) is 0.185. The molecule has 1 fully saturated rings. The highest BCUT2D eigenvalue weighted by Gasteiger charge is 2.48. The molecule has 1 N–H and O–H groups in total. The van der Waals surface area contributed by atoms with E-state index >= 15 is 0 Å². The minimum absolute atomic E-state index is 0.00753. The van der Waals surface area contributed by atoms with E-state index < -0.39 is 35.3 Å². The number of amides is 1. The Bertz CT molecular complexity index is 1410. The number of aryl methyl sites for hydroxylation is 1. The van der Waals surface area contributed by atoms with Crippen LogP contribution in [0.2, 0.25) is 0 Å². The van der Waals surface area contributed by atoms with Crippen LogP contribution in [0.3, 0.4) is 0 Å². The van der Waals surface area contributed by atoms with Gasteiger partial charge in [-0.15, -0.1) is 0 Å². The van der Waals surface area contributed by atoms with E-state index in [1.54, 1.807) is 31.2 Å². The molecule has 0 aliphatic carbocycles. The number of ketones is 1. The standard InChI is InChI=1S/C27H23FN2O6S/c1-4-13-36-26(34)24-15(3)29-27(37-24)30-21(16-9-11-18(28)12-10-16)20(23(32)25(30)33)22(31)17-7-6-8-19(14-17)35-5-2/h4,6-12,14,21,31H,1,5,13H2,2-3H3/b22-20+. The van der Waals surface area contributed by atoms with Crippen LogP contribution in [0.5, 0.6) is 5.75 Å². The molecule has 0 bridgehead atoms. The molecule has 10 heteroatoms. The van der Waals surface area contributed by atoms with E-state index in [0.29, 0.717) is 23.6 Å². The van der Waals surface area contributed by atoms with Gasteiger partial charge < -0.3 is 14.6 Å². The van der Waals surface area contributed by atoms with Crippen molar-refractivity contribution in [2.24, 2.45) is 0 Å². The Balaban J connectivity index is 1.87. The number of rotatable bonds is 8. The van der Waals surface area contributed by atoms with Crippen molar-refractivity contribution in [3.63, 3.8) is 0 Å². The lowest BCUT2D eigenvalue weighted by Crippen LogP contribution is -2.29. The van der Waals surface area contributed by atoms with Crippen molar-refractivity contribution in [3.8, 4) is 5.75 Å². The number of Topliss-reactive ketones (excluding diaryl/α,β-unsaturated/α-hetero) is 1. The third-order valence-corrected chi connectivity index (χ3v) is 6.69. The molecule has 8 nitrogen and oxygen atoms in total. The van der Waals surface area contributed by atoms with Crippen molar-refractivity contribution in [2.45, 2.75) is 19.9 Å². The maximum Gasteiger partial charge on any atom is 0.350 e. The van der Waals surface area contributed by atoms with Crippen molar-refractivity contribution < 1.29 is 33.4 Å². The summed E-state index contributed by atoms with van der Waals surface area (Å²) in [7, 11) is 0. The molecule has 3 aromatic rings. The first-order valence-electron chi connectivity index (χ1n) is 11.3. The first kappa shape index (κ1) is 25.8. The molecule has 190 valence electrons. The number of esters is 1. The van der Waals surface area contributed by atoms with Crippen molar-refractivity contribution in [3.05, 3.63) is 94.3 Å². The lowest BCUT2D eigenvalue weighted by Gasteiger charge is -2.23. The summed E-state index contributed by atoms with van der Waals surface area (Å²) in [5, 5.41) is 11.3. The Morgan fingerprint density at radius 1 is 1.24 bits per heavy atom. The van der Waals surface area contributed by atoms with Crippen LogP contribution in [0.1, 0.15) is 39.5 Å². The highest BCUT2D eigenvalue weighted by atomic mass is 32.1. The smallest absolute Gasteiger partial charge is 0.350 e. The van der Waals surface area contributed by atoms with Crippen molar-refractivity contribution in [1.29, 1.82) is 0 Å². The Kier molecular flexibility index (Phi) is 7.49. The second-order valence-corrected chi connectivity index (χ2v) is 8.96. The maximum absolute atomic E-state index is 13.7. The van der Waals surface area contributed by atoms with Crippen molar-refractivity contribution in [2.75, 3.05) is 18.1 Å². The monoisotopic (exact) mass is 522 g/mol. The molecule has 1 unspecified atom stereocenters. The Morgan fingerprint density at radius 3 is 2.65 bits per heavy atom. The number of anilines is 1. The number of benzene rings is 2. The largest absolute Gasteiger partial charge is 0.507 e. The summed E-state index contributed by atoms with van der Waals surface area (Å²) >= 11 is 0.876. The van der Waals surface area contributed by atoms with E-state index in [2.05, 4.69) is 11.6 Å². The summed E-state index contributed by atoms with van der Waals surface area (Å²) in [6.07, 6.45) is 1.42. The van der Waals surface area contributed by atoms with Gasteiger partial charge in [0, 0.05) is 5.56 Å². The molecule has 0 radical (unpaired) electrons. The molecule has 2 aromatic carbocycles. The molecule has 1 atom stereocenters. The van der Waals surface area contributed by atoms with Crippen molar-refractivity contribution >= 4 is 39.9 Å². The number of halogens is 1. The first-order valence-corrected chi connectivity index (χ1v) is 12.1. The maximum atomic E-state index is 13.7. The average molecular weight is 523 g/mol. The predicted molar refractivity (Wildman–Crippen MR) is 136 cm³/mol. The lowest BCUT2D eigenvalue weighted by molar-refractivity contribution is -0.132. The quantitative estimate of drug-likeness (QED) is 0.147. The van der Waals surface area contributed by atoms with Crippen LogP contribution in [0.25, 0.3) is 5.76 Å². The van der Waals surface area contributed by atoms with Gasteiger partial charge in [-0.25, -0.2) is 14.2 Å². The number of aliphatic hydroxyl groups excluding tert-OH is 1. The van der Waals surface area contributed by atoms with E-state index in [1.165, 1.54) is 30.3 Å². The van der Waals surface area contributed by atoms with E-state index in [-0.39, 0.29) is 27.8 Å². The molecule has 0 spiro atoms. The summed E-state index contributed by atoms with van der Waals surface area (Å²) in [6, 6.07) is 10.6. The number of ether oxygens (including phenoxy) is 2. The van der Waals surface area contributed by atoms with E-state index in [4.69, 9.17) is 9.47 Å². The van der Waals surface area contributed by atoms with Crippen LogP contribution in [-0.4, -0.2) is 41.0 Å². The van der Waals surface area contributed by atoms with Crippen LogP contribution in [0, 0.1) is 12.7 Å². The number of aliphatic hydroxyl groups is 1. The third-order valence-electron chi connectivity index (χ3n) is 5.56. The Hall–Kier alpha value is -4.31. The van der Waals surface area contributed by atoms with Gasteiger partial charge in [0.1, 0.15) is 28.8 Å². The van der Waals surface area contributed by atoms with Gasteiger partial charge in [0.15, 0.2) is 5.13 Å². The number of nitrogens with zero attached hydrogens (tertiary/aromatic N) is 2. The Labute approximate surface area is 216 Å². The van der Waals surface area contributed by atoms with Gasteiger partial charge in [-0.1, -0.05) is 48.3 Å². The summed E-state index contributed by atoms with van der Waals surface area (Å²) in [6.45, 7) is 7.28. The van der Waals surface area contributed by atoms with Gasteiger partial charge in [0.2, 0.25) is 0 Å². The summed E-state index contributed by atoms with van der Waals surface area (Å²) in [5.74, 6) is -3.01. The zero-order chi connectivity index (χ0) is 26.7. The van der Waals surface area contributed by atoms with Gasteiger partial charge in [-0.2, -0.15) is 0 Å².